The standard InChI is InChI=1S/C17H19NO2/c19-16-14-3-1-2-4-15(14)18-17(20-16)12-6-10-5-11(8-12)9-13(17)7-10/h1-4,10-13,18H,5-9H2. The first-order valence-electron chi connectivity index (χ1n) is 7.85. The number of hydrogen-bond acceptors (Lipinski definition) is 3. The first-order chi connectivity index (χ1) is 9.74. The number of carbonyl (C=O) groups is 1. The lowest BCUT2D eigenvalue weighted by molar-refractivity contribution is -0.161. The molecule has 0 amide bonds. The largest absolute Gasteiger partial charge is 0.435 e. The number of benzene rings is 1. The Morgan fingerprint density at radius 1 is 1.00 bits per heavy atom. The van der Waals surface area contributed by atoms with Gasteiger partial charge in [0.2, 0.25) is 0 Å². The molecular weight excluding hydrogens is 250 g/mol. The minimum Gasteiger partial charge on any atom is -0.435 e. The summed E-state index contributed by atoms with van der Waals surface area (Å²) in [4.78, 5) is 12.4. The Labute approximate surface area is 118 Å². The first kappa shape index (κ1) is 11.2. The molecule has 3 heteroatoms. The normalized spacial score (nSPS) is 44.1. The molecule has 4 saturated carbocycles. The highest BCUT2D eigenvalue weighted by Crippen LogP contribution is 2.60. The van der Waals surface area contributed by atoms with E-state index in [2.05, 4.69) is 5.32 Å². The van der Waals surface area contributed by atoms with Crippen molar-refractivity contribution in [1.29, 1.82) is 0 Å². The van der Waals surface area contributed by atoms with E-state index in [-0.39, 0.29) is 5.97 Å². The van der Waals surface area contributed by atoms with Crippen molar-refractivity contribution in [2.75, 3.05) is 5.32 Å². The van der Waals surface area contributed by atoms with Crippen molar-refractivity contribution in [2.24, 2.45) is 23.7 Å². The Hall–Kier alpha value is -1.51. The van der Waals surface area contributed by atoms with Gasteiger partial charge in [0.15, 0.2) is 5.72 Å². The maximum Gasteiger partial charge on any atom is 0.342 e. The van der Waals surface area contributed by atoms with E-state index >= 15 is 0 Å². The first-order valence-corrected chi connectivity index (χ1v) is 7.85. The number of para-hydroxylation sites is 1. The number of esters is 1. The molecule has 1 spiro atoms. The van der Waals surface area contributed by atoms with Gasteiger partial charge >= 0.3 is 5.97 Å². The van der Waals surface area contributed by atoms with E-state index in [0.29, 0.717) is 17.4 Å². The van der Waals surface area contributed by atoms with Gasteiger partial charge < -0.3 is 10.1 Å². The zero-order valence-electron chi connectivity index (χ0n) is 11.5. The van der Waals surface area contributed by atoms with E-state index in [4.69, 9.17) is 4.74 Å². The summed E-state index contributed by atoms with van der Waals surface area (Å²) in [5, 5.41) is 3.64. The quantitative estimate of drug-likeness (QED) is 0.733. The van der Waals surface area contributed by atoms with Gasteiger partial charge in [-0.1, -0.05) is 12.1 Å². The second-order valence-corrected chi connectivity index (χ2v) is 7.16. The molecule has 1 aromatic rings. The zero-order chi connectivity index (χ0) is 13.3. The highest BCUT2D eigenvalue weighted by atomic mass is 16.6. The number of carbonyl (C=O) groups excluding carboxylic acids is 1. The molecule has 4 bridgehead atoms. The molecule has 1 N–H and O–H groups in total. The lowest BCUT2D eigenvalue weighted by Crippen LogP contribution is -2.65. The van der Waals surface area contributed by atoms with Gasteiger partial charge in [0, 0.05) is 11.8 Å². The summed E-state index contributed by atoms with van der Waals surface area (Å²) in [6.45, 7) is 0. The van der Waals surface area contributed by atoms with Crippen LogP contribution in [0.2, 0.25) is 0 Å². The van der Waals surface area contributed by atoms with E-state index in [9.17, 15) is 4.79 Å². The van der Waals surface area contributed by atoms with Crippen LogP contribution in [0.3, 0.4) is 0 Å². The predicted octanol–water partition coefficient (Wildman–Crippen LogP) is 3.42. The molecule has 1 aliphatic heterocycles. The molecular formula is C17H19NO2. The maximum atomic E-state index is 12.4. The van der Waals surface area contributed by atoms with Crippen LogP contribution in [0.15, 0.2) is 24.3 Å². The molecule has 1 aromatic carbocycles. The number of rotatable bonds is 0. The van der Waals surface area contributed by atoms with Crippen molar-refractivity contribution in [1.82, 2.24) is 0 Å². The summed E-state index contributed by atoms with van der Waals surface area (Å²) in [7, 11) is 0. The molecule has 4 fully saturated rings. The number of nitrogens with one attached hydrogen (secondary N) is 1. The Bertz CT molecular complexity index is 566. The molecule has 104 valence electrons. The van der Waals surface area contributed by atoms with Crippen molar-refractivity contribution in [3.8, 4) is 0 Å². The fourth-order valence-electron chi connectivity index (χ4n) is 5.47. The Kier molecular flexibility index (Phi) is 2.00. The summed E-state index contributed by atoms with van der Waals surface area (Å²) in [5.74, 6) is 2.64. The van der Waals surface area contributed by atoms with Crippen LogP contribution in [0.5, 0.6) is 0 Å². The van der Waals surface area contributed by atoms with Gasteiger partial charge in [-0.25, -0.2) is 4.79 Å². The number of ether oxygens (including phenoxy) is 1. The minimum atomic E-state index is -0.404. The maximum absolute atomic E-state index is 12.4. The fourth-order valence-corrected chi connectivity index (χ4v) is 5.47. The number of hydrogen-bond donors (Lipinski definition) is 1. The summed E-state index contributed by atoms with van der Waals surface area (Å²) >= 11 is 0. The molecule has 0 aromatic heterocycles. The molecule has 4 aliphatic carbocycles. The van der Waals surface area contributed by atoms with Crippen LogP contribution < -0.4 is 5.32 Å². The molecule has 0 radical (unpaired) electrons. The number of fused-ring (bicyclic) bond motifs is 1. The van der Waals surface area contributed by atoms with Crippen LogP contribution in [0.25, 0.3) is 0 Å². The van der Waals surface area contributed by atoms with Gasteiger partial charge in [-0.05, 0) is 56.1 Å². The van der Waals surface area contributed by atoms with Gasteiger partial charge in [-0.3, -0.25) is 0 Å². The van der Waals surface area contributed by atoms with Crippen LogP contribution in [-0.4, -0.2) is 11.7 Å². The van der Waals surface area contributed by atoms with Gasteiger partial charge in [-0.2, -0.15) is 0 Å². The average Bonchev–Trinajstić information content (AvgIpc) is 2.44. The molecule has 20 heavy (non-hydrogen) atoms. The Balaban J connectivity index is 1.60. The lowest BCUT2D eigenvalue weighted by Gasteiger charge is -2.61. The third-order valence-electron chi connectivity index (χ3n) is 6.09. The highest BCUT2D eigenvalue weighted by Gasteiger charge is 2.61. The predicted molar refractivity (Wildman–Crippen MR) is 75.3 cm³/mol. The summed E-state index contributed by atoms with van der Waals surface area (Å²) in [6, 6.07) is 7.76. The Morgan fingerprint density at radius 2 is 1.65 bits per heavy atom. The van der Waals surface area contributed by atoms with Crippen LogP contribution in [0, 0.1) is 23.7 Å². The average molecular weight is 269 g/mol. The van der Waals surface area contributed by atoms with Gasteiger partial charge in [-0.15, -0.1) is 0 Å². The second kappa shape index (κ2) is 3.57. The van der Waals surface area contributed by atoms with Gasteiger partial charge in [0.1, 0.15) is 0 Å². The third-order valence-corrected chi connectivity index (χ3v) is 6.09. The number of anilines is 1. The van der Waals surface area contributed by atoms with Crippen LogP contribution >= 0.6 is 0 Å². The fraction of sp³-hybridized carbons (Fsp3) is 0.588. The van der Waals surface area contributed by atoms with Crippen molar-refractivity contribution in [2.45, 2.75) is 37.8 Å². The smallest absolute Gasteiger partial charge is 0.342 e. The minimum absolute atomic E-state index is 0.133. The summed E-state index contributed by atoms with van der Waals surface area (Å²) in [5.41, 5.74) is 1.25. The van der Waals surface area contributed by atoms with E-state index in [1.807, 2.05) is 24.3 Å². The van der Waals surface area contributed by atoms with E-state index < -0.39 is 5.72 Å². The molecule has 3 nitrogen and oxygen atoms in total. The van der Waals surface area contributed by atoms with Gasteiger partial charge in [0.25, 0.3) is 0 Å². The lowest BCUT2D eigenvalue weighted by atomic mass is 9.52. The van der Waals surface area contributed by atoms with E-state index in [1.165, 1.54) is 32.1 Å². The van der Waals surface area contributed by atoms with Crippen molar-refractivity contribution < 1.29 is 9.53 Å². The second-order valence-electron chi connectivity index (χ2n) is 7.16. The monoisotopic (exact) mass is 269 g/mol. The van der Waals surface area contributed by atoms with Crippen molar-refractivity contribution >= 4 is 11.7 Å². The van der Waals surface area contributed by atoms with Crippen molar-refractivity contribution in [3.05, 3.63) is 29.8 Å². The highest BCUT2D eigenvalue weighted by molar-refractivity contribution is 5.97. The van der Waals surface area contributed by atoms with Crippen LogP contribution in [0.1, 0.15) is 42.5 Å². The molecule has 0 atom stereocenters. The van der Waals surface area contributed by atoms with Crippen LogP contribution in [-0.2, 0) is 4.74 Å². The van der Waals surface area contributed by atoms with Crippen molar-refractivity contribution in [3.63, 3.8) is 0 Å². The topological polar surface area (TPSA) is 38.3 Å². The van der Waals surface area contributed by atoms with E-state index in [1.54, 1.807) is 0 Å². The molecule has 6 rings (SSSR count). The SMILES string of the molecule is O=C1OC2(Nc3ccccc31)C1CC3CC(C1)CC2C3. The molecule has 1 heterocycles. The molecule has 0 saturated heterocycles. The van der Waals surface area contributed by atoms with Crippen LogP contribution in [0.4, 0.5) is 5.69 Å². The molecule has 5 aliphatic rings. The molecule has 0 unspecified atom stereocenters. The summed E-state index contributed by atoms with van der Waals surface area (Å²) in [6.07, 6.45) is 6.34. The van der Waals surface area contributed by atoms with E-state index in [0.717, 1.165) is 17.5 Å². The Morgan fingerprint density at radius 3 is 2.35 bits per heavy atom. The summed E-state index contributed by atoms with van der Waals surface area (Å²) < 4.78 is 6.03. The van der Waals surface area contributed by atoms with Gasteiger partial charge in [0.05, 0.1) is 11.3 Å². The third kappa shape index (κ3) is 1.28. The zero-order valence-corrected chi connectivity index (χ0v) is 11.5.